The van der Waals surface area contributed by atoms with Crippen molar-refractivity contribution in [1.82, 2.24) is 20.0 Å². The summed E-state index contributed by atoms with van der Waals surface area (Å²) in [6.07, 6.45) is -2.13. The molecular weight excluding hydrogens is 550 g/mol. The molecule has 1 aromatic heterocycles. The third-order valence-corrected chi connectivity index (χ3v) is 7.86. The number of aromatic amines is 1. The van der Waals surface area contributed by atoms with Gasteiger partial charge in [-0.25, -0.2) is 14.3 Å². The van der Waals surface area contributed by atoms with Gasteiger partial charge in [0.25, 0.3) is 11.5 Å². The number of alkyl halides is 3. The molecule has 224 valence electrons. The fraction of sp³-hybridized carbons (Fsp3) is 0.519. The molecule has 0 radical (unpaired) electrons. The lowest BCUT2D eigenvalue weighted by molar-refractivity contribution is -0.192. The van der Waals surface area contributed by atoms with Crippen LogP contribution in [0, 0.1) is 25.6 Å². The fourth-order valence-corrected chi connectivity index (χ4v) is 4.98. The lowest BCUT2D eigenvalue weighted by Gasteiger charge is -2.39. The lowest BCUT2D eigenvalue weighted by Crippen LogP contribution is -2.61. The van der Waals surface area contributed by atoms with Crippen molar-refractivity contribution < 1.29 is 37.1 Å². The summed E-state index contributed by atoms with van der Waals surface area (Å²) in [5.74, 6) is -3.65. The number of nitrogens with zero attached hydrogens (tertiary/aromatic N) is 3. The SMILES string of the molecule is Cc1c(Cc2ccc(F)c(C(=O)N3CCN(C(=O)C4(N)CCCC4C)CC3)c2)n[nH]c(=O)c1C.O=C(O)C(F)(F)F. The van der Waals surface area contributed by atoms with Crippen molar-refractivity contribution in [2.45, 2.75) is 58.2 Å². The highest BCUT2D eigenvalue weighted by atomic mass is 19.4. The Morgan fingerprint density at radius 2 is 1.71 bits per heavy atom. The smallest absolute Gasteiger partial charge is 0.475 e. The number of carboxylic acids is 1. The molecule has 41 heavy (non-hydrogen) atoms. The topological polar surface area (TPSA) is 150 Å². The first-order valence-corrected chi connectivity index (χ1v) is 13.1. The zero-order chi connectivity index (χ0) is 30.7. The lowest BCUT2D eigenvalue weighted by atomic mass is 9.87. The number of aromatic nitrogens is 2. The number of piperazine rings is 1. The van der Waals surface area contributed by atoms with Gasteiger partial charge in [-0.3, -0.25) is 14.4 Å². The first kappa shape index (κ1) is 31.7. The summed E-state index contributed by atoms with van der Waals surface area (Å²) in [4.78, 5) is 50.1. The fourth-order valence-electron chi connectivity index (χ4n) is 4.98. The molecule has 0 bridgehead atoms. The van der Waals surface area contributed by atoms with E-state index in [9.17, 15) is 31.9 Å². The molecular formula is C27H33F4N5O5. The van der Waals surface area contributed by atoms with E-state index < -0.39 is 29.4 Å². The van der Waals surface area contributed by atoms with E-state index in [1.165, 1.54) is 6.07 Å². The maximum Gasteiger partial charge on any atom is 0.490 e. The number of nitrogens with one attached hydrogen (secondary N) is 1. The number of halogens is 4. The maximum absolute atomic E-state index is 14.6. The Morgan fingerprint density at radius 3 is 2.24 bits per heavy atom. The quantitative estimate of drug-likeness (QED) is 0.469. The van der Waals surface area contributed by atoms with E-state index in [1.54, 1.807) is 28.9 Å². The van der Waals surface area contributed by atoms with Crippen LogP contribution in [0.1, 0.15) is 58.9 Å². The summed E-state index contributed by atoms with van der Waals surface area (Å²) in [6.45, 7) is 7.00. The second-order valence-corrected chi connectivity index (χ2v) is 10.5. The molecule has 2 fully saturated rings. The van der Waals surface area contributed by atoms with E-state index in [4.69, 9.17) is 15.6 Å². The molecule has 1 aliphatic heterocycles. The maximum atomic E-state index is 14.6. The molecule has 0 spiro atoms. The average Bonchev–Trinajstić information content (AvgIpc) is 3.27. The number of hydrogen-bond donors (Lipinski definition) is 3. The number of rotatable bonds is 4. The van der Waals surface area contributed by atoms with E-state index in [2.05, 4.69) is 10.2 Å². The minimum absolute atomic E-state index is 0.00390. The molecule has 1 aliphatic carbocycles. The Morgan fingerprint density at radius 1 is 1.12 bits per heavy atom. The van der Waals surface area contributed by atoms with Crippen molar-refractivity contribution in [2.75, 3.05) is 26.2 Å². The van der Waals surface area contributed by atoms with Crippen LogP contribution in [-0.4, -0.2) is 80.8 Å². The zero-order valence-corrected chi connectivity index (χ0v) is 23.0. The van der Waals surface area contributed by atoms with Gasteiger partial charge in [0.05, 0.1) is 16.8 Å². The summed E-state index contributed by atoms with van der Waals surface area (Å²) < 4.78 is 46.4. The van der Waals surface area contributed by atoms with E-state index in [1.807, 2.05) is 13.8 Å². The second kappa shape index (κ2) is 12.4. The van der Waals surface area contributed by atoms with Crippen molar-refractivity contribution in [1.29, 1.82) is 0 Å². The van der Waals surface area contributed by atoms with Gasteiger partial charge in [-0.05, 0) is 55.9 Å². The number of H-pyrrole nitrogens is 1. The predicted octanol–water partition coefficient (Wildman–Crippen LogP) is 2.55. The van der Waals surface area contributed by atoms with Crippen LogP contribution < -0.4 is 11.3 Å². The van der Waals surface area contributed by atoms with Crippen LogP contribution in [0.15, 0.2) is 23.0 Å². The average molecular weight is 584 g/mol. The number of amides is 2. The second-order valence-electron chi connectivity index (χ2n) is 10.5. The van der Waals surface area contributed by atoms with Gasteiger partial charge in [0, 0.05) is 38.2 Å². The van der Waals surface area contributed by atoms with Gasteiger partial charge in [0.2, 0.25) is 5.91 Å². The van der Waals surface area contributed by atoms with E-state index in [0.717, 1.165) is 24.0 Å². The first-order valence-electron chi connectivity index (χ1n) is 13.1. The third-order valence-electron chi connectivity index (χ3n) is 7.86. The molecule has 2 aromatic rings. The Kier molecular flexibility index (Phi) is 9.57. The van der Waals surface area contributed by atoms with Crippen LogP contribution in [0.2, 0.25) is 0 Å². The van der Waals surface area contributed by atoms with E-state index >= 15 is 0 Å². The van der Waals surface area contributed by atoms with Crippen LogP contribution in [0.5, 0.6) is 0 Å². The molecule has 2 atom stereocenters. The largest absolute Gasteiger partial charge is 0.490 e. The molecule has 1 saturated carbocycles. The van der Waals surface area contributed by atoms with E-state index in [0.29, 0.717) is 50.3 Å². The number of hydrogen-bond acceptors (Lipinski definition) is 6. The number of aliphatic carboxylic acids is 1. The van der Waals surface area contributed by atoms with Gasteiger partial charge in [-0.2, -0.15) is 18.3 Å². The van der Waals surface area contributed by atoms with Crippen LogP contribution >= 0.6 is 0 Å². The van der Waals surface area contributed by atoms with Gasteiger partial charge in [-0.15, -0.1) is 0 Å². The Hall–Kier alpha value is -3.81. The van der Waals surface area contributed by atoms with Gasteiger partial charge in [-0.1, -0.05) is 19.4 Å². The molecule has 2 amide bonds. The minimum atomic E-state index is -5.08. The van der Waals surface area contributed by atoms with Crippen LogP contribution in [0.25, 0.3) is 0 Å². The minimum Gasteiger partial charge on any atom is -0.475 e. The number of benzene rings is 1. The van der Waals surface area contributed by atoms with Gasteiger partial charge >= 0.3 is 12.1 Å². The zero-order valence-electron chi connectivity index (χ0n) is 23.0. The number of carbonyl (C=O) groups excluding carboxylic acids is 2. The number of nitrogens with two attached hydrogens (primary N) is 1. The Bertz CT molecular complexity index is 1370. The summed E-state index contributed by atoms with van der Waals surface area (Å²) in [5, 5.41) is 13.7. The summed E-state index contributed by atoms with van der Waals surface area (Å²) in [7, 11) is 0. The normalized spacial score (nSPS) is 20.8. The molecule has 10 nitrogen and oxygen atoms in total. The number of carbonyl (C=O) groups is 3. The molecule has 2 aliphatic rings. The van der Waals surface area contributed by atoms with Gasteiger partial charge in [0.1, 0.15) is 5.82 Å². The first-order chi connectivity index (χ1) is 19.1. The van der Waals surface area contributed by atoms with Crippen molar-refractivity contribution in [3.05, 3.63) is 62.3 Å². The third kappa shape index (κ3) is 7.10. The van der Waals surface area contributed by atoms with Crippen LogP contribution in [0.3, 0.4) is 0 Å². The summed E-state index contributed by atoms with van der Waals surface area (Å²) in [6, 6.07) is 4.45. The molecule has 1 aromatic carbocycles. The van der Waals surface area contributed by atoms with Crippen molar-refractivity contribution in [3.63, 3.8) is 0 Å². The van der Waals surface area contributed by atoms with Gasteiger partial charge < -0.3 is 20.6 Å². The summed E-state index contributed by atoms with van der Waals surface area (Å²) in [5.41, 5.74) is 8.14. The summed E-state index contributed by atoms with van der Waals surface area (Å²) >= 11 is 0. The molecule has 4 N–H and O–H groups in total. The molecule has 14 heteroatoms. The highest BCUT2D eigenvalue weighted by Crippen LogP contribution is 2.35. The highest BCUT2D eigenvalue weighted by molar-refractivity contribution is 5.95. The van der Waals surface area contributed by atoms with Crippen molar-refractivity contribution >= 4 is 17.8 Å². The van der Waals surface area contributed by atoms with Crippen molar-refractivity contribution in [3.8, 4) is 0 Å². The monoisotopic (exact) mass is 583 g/mol. The van der Waals surface area contributed by atoms with Crippen LogP contribution in [0.4, 0.5) is 17.6 Å². The molecule has 1 saturated heterocycles. The Labute approximate surface area is 233 Å². The van der Waals surface area contributed by atoms with E-state index in [-0.39, 0.29) is 22.9 Å². The van der Waals surface area contributed by atoms with Crippen LogP contribution in [-0.2, 0) is 16.0 Å². The molecule has 4 rings (SSSR count). The Balaban J connectivity index is 0.000000587. The predicted molar refractivity (Wildman–Crippen MR) is 140 cm³/mol. The highest BCUT2D eigenvalue weighted by Gasteiger charge is 2.46. The van der Waals surface area contributed by atoms with Gasteiger partial charge in [0.15, 0.2) is 0 Å². The standard InChI is InChI=1S/C25H32FN5O3.C2HF3O2/c1-15-5-4-8-25(15,27)24(34)31-11-9-30(10-12-31)23(33)19-13-18(6-7-20(19)26)14-21-16(2)17(3)22(32)29-28-21;3-2(4,5)1(6)7/h6-7,13,15H,4-5,8-12,14,27H2,1-3H3,(H,29,32);(H,6,7). The number of carboxylic acid groups (broad SMARTS) is 1. The molecule has 2 heterocycles. The van der Waals surface area contributed by atoms with Crippen molar-refractivity contribution in [2.24, 2.45) is 11.7 Å². The molecule has 2 unspecified atom stereocenters.